The Kier molecular flexibility index (Phi) is 5.20. The Hall–Kier alpha value is -2.28. The topological polar surface area (TPSA) is 75.2 Å². The molecule has 3 heterocycles. The largest absolute Gasteiger partial charge is 0.342 e. The number of hydrogen-bond acceptors (Lipinski definition) is 5. The number of carbonyl (C=O) groups excluding carboxylic acids is 2. The zero-order valence-corrected chi connectivity index (χ0v) is 14.4. The van der Waals surface area contributed by atoms with Gasteiger partial charge in [-0.25, -0.2) is 9.97 Å². The van der Waals surface area contributed by atoms with Crippen LogP contribution in [0, 0.1) is 12.8 Å². The highest BCUT2D eigenvalue weighted by atomic mass is 32.1. The Morgan fingerprint density at radius 3 is 2.58 bits per heavy atom. The van der Waals surface area contributed by atoms with E-state index in [1.807, 2.05) is 24.0 Å². The molecule has 0 atom stereocenters. The molecular weight excluding hydrogens is 324 g/mol. The maximum atomic E-state index is 12.4. The van der Waals surface area contributed by atoms with Crippen LogP contribution in [-0.2, 0) is 16.0 Å². The first-order chi connectivity index (χ1) is 11.6. The molecule has 126 valence electrons. The second kappa shape index (κ2) is 7.53. The second-order valence-corrected chi connectivity index (χ2v) is 7.28. The van der Waals surface area contributed by atoms with Crippen LogP contribution in [0.15, 0.2) is 30.6 Å². The molecule has 1 fully saturated rings. The number of aryl methyl sites for hydroxylation is 1. The zero-order chi connectivity index (χ0) is 16.9. The highest BCUT2D eigenvalue weighted by molar-refractivity contribution is 7.12. The van der Waals surface area contributed by atoms with Crippen LogP contribution in [0.25, 0.3) is 0 Å². The molecule has 1 N–H and O–H groups in total. The van der Waals surface area contributed by atoms with Crippen LogP contribution < -0.4 is 5.32 Å². The molecule has 2 amide bonds. The minimum absolute atomic E-state index is 0.0674. The van der Waals surface area contributed by atoms with E-state index in [0.717, 1.165) is 4.88 Å². The lowest BCUT2D eigenvalue weighted by Crippen LogP contribution is -2.42. The number of likely N-dealkylation sites (tertiary alicyclic amines) is 1. The first-order valence-electron chi connectivity index (χ1n) is 8.03. The number of nitrogens with one attached hydrogen (secondary N) is 1. The van der Waals surface area contributed by atoms with Gasteiger partial charge in [-0.15, -0.1) is 11.3 Å². The van der Waals surface area contributed by atoms with Crippen molar-refractivity contribution in [3.63, 3.8) is 0 Å². The van der Waals surface area contributed by atoms with Gasteiger partial charge in [-0.1, -0.05) is 0 Å². The van der Waals surface area contributed by atoms with Crippen molar-refractivity contribution >= 4 is 29.1 Å². The van der Waals surface area contributed by atoms with Crippen molar-refractivity contribution in [2.75, 3.05) is 18.4 Å². The van der Waals surface area contributed by atoms with Crippen molar-refractivity contribution in [2.24, 2.45) is 5.92 Å². The van der Waals surface area contributed by atoms with E-state index in [1.165, 1.54) is 4.88 Å². The van der Waals surface area contributed by atoms with Gasteiger partial charge < -0.3 is 4.90 Å². The number of hydrogen-bond donors (Lipinski definition) is 1. The summed E-state index contributed by atoms with van der Waals surface area (Å²) in [7, 11) is 0. The van der Waals surface area contributed by atoms with Gasteiger partial charge in [-0.2, -0.15) is 0 Å². The third kappa shape index (κ3) is 4.17. The third-order valence-corrected chi connectivity index (χ3v) is 5.14. The number of amides is 2. The number of rotatable bonds is 4. The van der Waals surface area contributed by atoms with Crippen molar-refractivity contribution in [3.05, 3.63) is 40.3 Å². The van der Waals surface area contributed by atoms with Crippen molar-refractivity contribution in [1.82, 2.24) is 14.9 Å². The number of anilines is 1. The van der Waals surface area contributed by atoms with Crippen LogP contribution in [0.3, 0.4) is 0 Å². The van der Waals surface area contributed by atoms with Crippen LogP contribution in [-0.4, -0.2) is 39.8 Å². The van der Waals surface area contributed by atoms with Gasteiger partial charge in [0, 0.05) is 41.2 Å². The summed E-state index contributed by atoms with van der Waals surface area (Å²) < 4.78 is 0. The molecule has 0 bridgehead atoms. The molecule has 24 heavy (non-hydrogen) atoms. The molecule has 3 rings (SSSR count). The van der Waals surface area contributed by atoms with E-state index in [1.54, 1.807) is 29.8 Å². The fourth-order valence-corrected chi connectivity index (χ4v) is 3.69. The predicted octanol–water partition coefficient (Wildman–Crippen LogP) is 2.27. The Bertz CT molecular complexity index is 708. The highest BCUT2D eigenvalue weighted by Gasteiger charge is 2.27. The van der Waals surface area contributed by atoms with Crippen molar-refractivity contribution in [3.8, 4) is 0 Å². The Morgan fingerprint density at radius 1 is 1.25 bits per heavy atom. The Labute approximate surface area is 144 Å². The van der Waals surface area contributed by atoms with Gasteiger partial charge in [0.25, 0.3) is 0 Å². The van der Waals surface area contributed by atoms with E-state index in [4.69, 9.17) is 0 Å². The smallest absolute Gasteiger partial charge is 0.229 e. The number of thiophene rings is 1. The first-order valence-corrected chi connectivity index (χ1v) is 8.84. The summed E-state index contributed by atoms with van der Waals surface area (Å²) in [5, 5.41) is 2.74. The molecule has 2 aromatic heterocycles. The number of piperidine rings is 1. The second-order valence-electron chi connectivity index (χ2n) is 5.91. The minimum atomic E-state index is -0.0955. The van der Waals surface area contributed by atoms with Crippen LogP contribution in [0.2, 0.25) is 0 Å². The molecule has 7 heteroatoms. The standard InChI is InChI=1S/C17H20N4O2S/c1-12-3-4-14(24-12)11-15(22)21-9-5-13(6-10-21)16(23)20-17-18-7-2-8-19-17/h2-4,7-8,13H,5-6,9-11H2,1H3,(H,18,19,20,23). The predicted molar refractivity (Wildman–Crippen MR) is 92.7 cm³/mol. The molecule has 0 saturated carbocycles. The molecule has 1 saturated heterocycles. The van der Waals surface area contributed by atoms with Gasteiger partial charge in [0.05, 0.1) is 6.42 Å². The lowest BCUT2D eigenvalue weighted by Gasteiger charge is -2.31. The normalized spacial score (nSPS) is 15.3. The summed E-state index contributed by atoms with van der Waals surface area (Å²) in [6.45, 7) is 3.28. The average Bonchev–Trinajstić information content (AvgIpc) is 3.00. The van der Waals surface area contributed by atoms with Crippen molar-refractivity contribution < 1.29 is 9.59 Å². The van der Waals surface area contributed by atoms with Gasteiger partial charge in [-0.05, 0) is 38.0 Å². The monoisotopic (exact) mass is 344 g/mol. The molecule has 2 aromatic rings. The summed E-state index contributed by atoms with van der Waals surface area (Å²) in [6.07, 6.45) is 4.99. The maximum absolute atomic E-state index is 12.4. The van der Waals surface area contributed by atoms with Gasteiger partial charge in [0.15, 0.2) is 0 Å². The number of nitrogens with zero attached hydrogens (tertiary/aromatic N) is 3. The van der Waals surface area contributed by atoms with Crippen molar-refractivity contribution in [2.45, 2.75) is 26.2 Å². The molecule has 0 spiro atoms. The Morgan fingerprint density at radius 2 is 1.96 bits per heavy atom. The molecule has 0 radical (unpaired) electrons. The minimum Gasteiger partial charge on any atom is -0.342 e. The summed E-state index contributed by atoms with van der Waals surface area (Å²) in [5.74, 6) is 0.306. The molecular formula is C17H20N4O2S. The third-order valence-electron chi connectivity index (χ3n) is 4.14. The lowest BCUT2D eigenvalue weighted by molar-refractivity contribution is -0.133. The van der Waals surface area contributed by atoms with E-state index >= 15 is 0 Å². The molecule has 1 aliphatic heterocycles. The SMILES string of the molecule is Cc1ccc(CC(=O)N2CCC(C(=O)Nc3ncccn3)CC2)s1. The van der Waals surface area contributed by atoms with E-state index in [9.17, 15) is 9.59 Å². The lowest BCUT2D eigenvalue weighted by atomic mass is 9.95. The fourth-order valence-electron chi connectivity index (χ4n) is 2.81. The molecule has 0 unspecified atom stereocenters. The quantitative estimate of drug-likeness (QED) is 0.923. The molecule has 0 aromatic carbocycles. The van der Waals surface area contributed by atoms with Gasteiger partial charge in [0.2, 0.25) is 17.8 Å². The van der Waals surface area contributed by atoms with E-state index < -0.39 is 0 Å². The van der Waals surface area contributed by atoms with Crippen LogP contribution in [0.5, 0.6) is 0 Å². The summed E-state index contributed by atoms with van der Waals surface area (Å²) in [6, 6.07) is 5.75. The van der Waals surface area contributed by atoms with E-state index in [0.29, 0.717) is 38.3 Å². The highest BCUT2D eigenvalue weighted by Crippen LogP contribution is 2.21. The summed E-state index contributed by atoms with van der Waals surface area (Å²) in [4.78, 5) is 36.8. The van der Waals surface area contributed by atoms with Gasteiger partial charge >= 0.3 is 0 Å². The zero-order valence-electron chi connectivity index (χ0n) is 13.6. The van der Waals surface area contributed by atoms with Crippen molar-refractivity contribution in [1.29, 1.82) is 0 Å². The first kappa shape index (κ1) is 16.6. The number of aromatic nitrogens is 2. The number of carbonyl (C=O) groups is 2. The van der Waals surface area contributed by atoms with E-state index in [2.05, 4.69) is 15.3 Å². The summed E-state index contributed by atoms with van der Waals surface area (Å²) in [5.41, 5.74) is 0. The Balaban J connectivity index is 1.48. The van der Waals surface area contributed by atoms with E-state index in [-0.39, 0.29) is 17.7 Å². The van der Waals surface area contributed by atoms with Gasteiger partial charge in [-0.3, -0.25) is 14.9 Å². The molecule has 1 aliphatic rings. The molecule has 0 aliphatic carbocycles. The molecule has 6 nitrogen and oxygen atoms in total. The van der Waals surface area contributed by atoms with Crippen LogP contribution in [0.1, 0.15) is 22.6 Å². The van der Waals surface area contributed by atoms with Gasteiger partial charge in [0.1, 0.15) is 0 Å². The summed E-state index contributed by atoms with van der Waals surface area (Å²) >= 11 is 1.66. The van der Waals surface area contributed by atoms with Crippen LogP contribution in [0.4, 0.5) is 5.95 Å². The van der Waals surface area contributed by atoms with Crippen LogP contribution >= 0.6 is 11.3 Å². The fraction of sp³-hybridized carbons (Fsp3) is 0.412. The average molecular weight is 344 g/mol. The maximum Gasteiger partial charge on any atom is 0.229 e.